The third-order valence-corrected chi connectivity index (χ3v) is 2.20. The Morgan fingerprint density at radius 3 is 2.92 bits per heavy atom. The first kappa shape index (κ1) is 7.98. The van der Waals surface area contributed by atoms with Gasteiger partial charge in [-0.3, -0.25) is 4.79 Å². The van der Waals surface area contributed by atoms with Crippen LogP contribution in [0.15, 0.2) is 18.2 Å². The van der Waals surface area contributed by atoms with Crippen molar-refractivity contribution in [2.75, 3.05) is 7.11 Å². The van der Waals surface area contributed by atoms with Gasteiger partial charge in [0.15, 0.2) is 0 Å². The maximum Gasteiger partial charge on any atom is 0.207 e. The van der Waals surface area contributed by atoms with E-state index in [1.54, 1.807) is 13.2 Å². The van der Waals surface area contributed by atoms with E-state index in [2.05, 4.69) is 0 Å². The number of fused-ring (bicyclic) bond motifs is 1. The molecule has 0 spiro atoms. The fourth-order valence-corrected chi connectivity index (χ4v) is 1.48. The molecule has 1 N–H and O–H groups in total. The quantitative estimate of drug-likeness (QED) is 0.702. The number of hydrogen-bond acceptors (Lipinski definition) is 3. The Labute approximate surface area is 75.8 Å². The summed E-state index contributed by atoms with van der Waals surface area (Å²) < 4.78 is 5.00. The van der Waals surface area contributed by atoms with Gasteiger partial charge in [-0.15, -0.1) is 0 Å². The fraction of sp³-hybridized carbons (Fsp3) is 0.200. The van der Waals surface area contributed by atoms with Crippen LogP contribution in [0, 0.1) is 5.41 Å². The molecule has 1 aliphatic rings. The minimum Gasteiger partial charge on any atom is -0.497 e. The van der Waals surface area contributed by atoms with Crippen molar-refractivity contribution >= 4 is 11.5 Å². The standard InChI is InChI=1S/C10H9NO2/c1-13-7-3-2-6-4-9(11)10(12)8(6)5-7/h2-3,5,11H,4H2,1H3. The average molecular weight is 175 g/mol. The summed E-state index contributed by atoms with van der Waals surface area (Å²) >= 11 is 0. The molecular formula is C10H9NO2. The monoisotopic (exact) mass is 175 g/mol. The molecule has 0 radical (unpaired) electrons. The molecule has 1 aromatic carbocycles. The normalized spacial score (nSPS) is 14.5. The van der Waals surface area contributed by atoms with Crippen molar-refractivity contribution in [2.24, 2.45) is 0 Å². The van der Waals surface area contributed by atoms with Crippen LogP contribution in [-0.2, 0) is 6.42 Å². The maximum atomic E-state index is 11.4. The smallest absolute Gasteiger partial charge is 0.207 e. The number of ether oxygens (including phenoxy) is 1. The van der Waals surface area contributed by atoms with Gasteiger partial charge in [0.25, 0.3) is 0 Å². The van der Waals surface area contributed by atoms with Gasteiger partial charge in [0.2, 0.25) is 5.78 Å². The van der Waals surface area contributed by atoms with Crippen molar-refractivity contribution in [3.63, 3.8) is 0 Å². The van der Waals surface area contributed by atoms with Gasteiger partial charge in [0, 0.05) is 12.0 Å². The molecule has 1 aromatic rings. The molecule has 13 heavy (non-hydrogen) atoms. The van der Waals surface area contributed by atoms with E-state index in [-0.39, 0.29) is 11.5 Å². The van der Waals surface area contributed by atoms with Crippen molar-refractivity contribution in [3.05, 3.63) is 29.3 Å². The second kappa shape index (κ2) is 2.69. The number of carbonyl (C=O) groups excluding carboxylic acids is 1. The molecule has 1 aliphatic carbocycles. The van der Waals surface area contributed by atoms with Gasteiger partial charge in [-0.1, -0.05) is 6.07 Å². The van der Waals surface area contributed by atoms with Crippen molar-refractivity contribution in [1.82, 2.24) is 0 Å². The zero-order chi connectivity index (χ0) is 9.42. The average Bonchev–Trinajstić information content (AvgIpc) is 2.43. The Bertz CT molecular complexity index is 396. The van der Waals surface area contributed by atoms with Gasteiger partial charge in [0.1, 0.15) is 5.75 Å². The highest BCUT2D eigenvalue weighted by Crippen LogP contribution is 2.24. The summed E-state index contributed by atoms with van der Waals surface area (Å²) in [6, 6.07) is 5.34. The van der Waals surface area contributed by atoms with Crippen LogP contribution in [-0.4, -0.2) is 18.6 Å². The third-order valence-electron chi connectivity index (χ3n) is 2.20. The molecule has 0 atom stereocenters. The Morgan fingerprint density at radius 2 is 2.23 bits per heavy atom. The Kier molecular flexibility index (Phi) is 1.65. The molecule has 0 unspecified atom stereocenters. The summed E-state index contributed by atoms with van der Waals surface area (Å²) in [4.78, 5) is 11.4. The molecule has 0 aliphatic heterocycles. The van der Waals surface area contributed by atoms with Gasteiger partial charge in [-0.05, 0) is 17.7 Å². The lowest BCUT2D eigenvalue weighted by Crippen LogP contribution is -2.04. The molecule has 0 fully saturated rings. The third kappa shape index (κ3) is 1.13. The highest BCUT2D eigenvalue weighted by Gasteiger charge is 2.24. The van der Waals surface area contributed by atoms with Gasteiger partial charge in [0.05, 0.1) is 12.8 Å². The number of hydrogen-bond donors (Lipinski definition) is 1. The zero-order valence-corrected chi connectivity index (χ0v) is 7.26. The van der Waals surface area contributed by atoms with Crippen LogP contribution in [0.3, 0.4) is 0 Å². The van der Waals surface area contributed by atoms with Crippen LogP contribution in [0.1, 0.15) is 15.9 Å². The van der Waals surface area contributed by atoms with Crippen LogP contribution >= 0.6 is 0 Å². The van der Waals surface area contributed by atoms with Crippen molar-refractivity contribution in [3.8, 4) is 5.75 Å². The molecule has 0 saturated carbocycles. The molecular weight excluding hydrogens is 166 g/mol. The van der Waals surface area contributed by atoms with Gasteiger partial charge < -0.3 is 10.1 Å². The maximum absolute atomic E-state index is 11.4. The molecule has 0 amide bonds. The molecule has 0 heterocycles. The summed E-state index contributed by atoms with van der Waals surface area (Å²) in [5.41, 5.74) is 1.71. The van der Waals surface area contributed by atoms with Crippen molar-refractivity contribution in [1.29, 1.82) is 5.41 Å². The largest absolute Gasteiger partial charge is 0.497 e. The van der Waals surface area contributed by atoms with E-state index in [4.69, 9.17) is 10.1 Å². The number of benzene rings is 1. The molecule has 3 nitrogen and oxygen atoms in total. The molecule has 3 heteroatoms. The van der Waals surface area contributed by atoms with E-state index in [9.17, 15) is 4.79 Å². The number of carbonyl (C=O) groups is 1. The van der Waals surface area contributed by atoms with Crippen LogP contribution in [0.4, 0.5) is 0 Å². The summed E-state index contributed by atoms with van der Waals surface area (Å²) in [6.07, 6.45) is 0.457. The van der Waals surface area contributed by atoms with Crippen LogP contribution < -0.4 is 4.74 Å². The Morgan fingerprint density at radius 1 is 1.46 bits per heavy atom. The predicted octanol–water partition coefficient (Wildman–Crippen LogP) is 1.45. The van der Waals surface area contributed by atoms with Crippen molar-refractivity contribution < 1.29 is 9.53 Å². The second-order valence-electron chi connectivity index (χ2n) is 3.01. The zero-order valence-electron chi connectivity index (χ0n) is 7.26. The summed E-state index contributed by atoms with van der Waals surface area (Å²) in [5, 5.41) is 7.38. The van der Waals surface area contributed by atoms with Crippen LogP contribution in [0.25, 0.3) is 0 Å². The first-order chi connectivity index (χ1) is 6.22. The van der Waals surface area contributed by atoms with Gasteiger partial charge >= 0.3 is 0 Å². The van der Waals surface area contributed by atoms with Gasteiger partial charge in [-0.2, -0.15) is 0 Å². The first-order valence-corrected chi connectivity index (χ1v) is 4.01. The Balaban J connectivity index is 2.54. The van der Waals surface area contributed by atoms with Gasteiger partial charge in [-0.25, -0.2) is 0 Å². The Hall–Kier alpha value is -1.64. The fourth-order valence-electron chi connectivity index (χ4n) is 1.48. The van der Waals surface area contributed by atoms with E-state index in [0.29, 0.717) is 17.7 Å². The number of ketones is 1. The molecule has 0 aromatic heterocycles. The first-order valence-electron chi connectivity index (χ1n) is 4.01. The lowest BCUT2D eigenvalue weighted by Gasteiger charge is -2.00. The number of nitrogens with one attached hydrogen (secondary N) is 1. The minimum atomic E-state index is -0.172. The number of Topliss-reactive ketones (excluding diaryl/α,β-unsaturated/α-hetero) is 1. The number of rotatable bonds is 1. The highest BCUT2D eigenvalue weighted by atomic mass is 16.5. The molecule has 2 rings (SSSR count). The lowest BCUT2D eigenvalue weighted by molar-refractivity contribution is 0.106. The second-order valence-corrected chi connectivity index (χ2v) is 3.01. The van der Waals surface area contributed by atoms with E-state index < -0.39 is 0 Å². The van der Waals surface area contributed by atoms with Crippen molar-refractivity contribution in [2.45, 2.75) is 6.42 Å². The molecule has 0 bridgehead atoms. The predicted molar refractivity (Wildman–Crippen MR) is 48.8 cm³/mol. The van der Waals surface area contributed by atoms with Crippen LogP contribution in [0.2, 0.25) is 0 Å². The SMILES string of the molecule is COc1ccc2c(c1)C(=O)C(=N)C2. The number of methoxy groups -OCH3 is 1. The molecule has 66 valence electrons. The summed E-state index contributed by atoms with van der Waals surface area (Å²) in [5.74, 6) is 0.496. The lowest BCUT2D eigenvalue weighted by atomic mass is 10.1. The van der Waals surface area contributed by atoms with E-state index >= 15 is 0 Å². The summed E-state index contributed by atoms with van der Waals surface area (Å²) in [6.45, 7) is 0. The van der Waals surface area contributed by atoms with E-state index in [1.807, 2.05) is 12.1 Å². The van der Waals surface area contributed by atoms with E-state index in [0.717, 1.165) is 5.56 Å². The summed E-state index contributed by atoms with van der Waals surface area (Å²) in [7, 11) is 1.56. The highest BCUT2D eigenvalue weighted by molar-refractivity contribution is 6.48. The van der Waals surface area contributed by atoms with Crippen LogP contribution in [0.5, 0.6) is 5.75 Å². The minimum absolute atomic E-state index is 0.170. The molecule has 0 saturated heterocycles. The van der Waals surface area contributed by atoms with E-state index in [1.165, 1.54) is 0 Å². The topological polar surface area (TPSA) is 50.2 Å².